The summed E-state index contributed by atoms with van der Waals surface area (Å²) in [4.78, 5) is 8.75. The molecule has 2 aromatic heterocycles. The second-order valence-electron chi connectivity index (χ2n) is 5.72. The number of aromatic nitrogens is 4. The molecule has 4 rings (SSSR count). The first kappa shape index (κ1) is 16.5. The Labute approximate surface area is 157 Å². The minimum Gasteiger partial charge on any atom is -0.339 e. The second-order valence-corrected chi connectivity index (χ2v) is 6.58. The first-order valence-corrected chi connectivity index (χ1v) is 8.62. The number of halogens is 2. The zero-order chi connectivity index (χ0) is 18.1. The van der Waals surface area contributed by atoms with E-state index in [1.54, 1.807) is 23.0 Å². The van der Waals surface area contributed by atoms with Gasteiger partial charge in [0.05, 0.1) is 9.99 Å². The van der Waals surface area contributed by atoms with Crippen LogP contribution in [-0.4, -0.2) is 19.7 Å². The molecule has 2 aromatic carbocycles. The Bertz CT molecular complexity index is 1080. The average molecular weight is 413 g/mol. The molecule has 0 unspecified atom stereocenters. The molecule has 8 heteroatoms. The highest BCUT2D eigenvalue weighted by atomic mass is 79.9. The summed E-state index contributed by atoms with van der Waals surface area (Å²) < 4.78 is 15.5. The highest BCUT2D eigenvalue weighted by Gasteiger charge is 2.07. The van der Waals surface area contributed by atoms with E-state index in [-0.39, 0.29) is 5.82 Å². The standard InChI is InChI=1S/C18H14BrFN6/c1-26-10-11-2-5-14(8-16(11)25-26)23-18-21-9-15(19)17(24-18)22-13-6-3-12(20)4-7-13/h2-10H,1H3,(H2,21,22,23,24). The summed E-state index contributed by atoms with van der Waals surface area (Å²) in [7, 11) is 1.89. The number of aryl methyl sites for hydroxylation is 1. The molecule has 0 atom stereocenters. The van der Waals surface area contributed by atoms with Crippen molar-refractivity contribution in [2.75, 3.05) is 10.6 Å². The fourth-order valence-corrected chi connectivity index (χ4v) is 2.82. The predicted octanol–water partition coefficient (Wildman–Crippen LogP) is 4.75. The number of benzene rings is 2. The lowest BCUT2D eigenvalue weighted by molar-refractivity contribution is 0.628. The van der Waals surface area contributed by atoms with Crippen LogP contribution in [0.4, 0.5) is 27.5 Å². The summed E-state index contributed by atoms with van der Waals surface area (Å²) >= 11 is 3.42. The molecule has 0 fully saturated rings. The highest BCUT2D eigenvalue weighted by Crippen LogP contribution is 2.26. The van der Waals surface area contributed by atoms with Crippen LogP contribution in [0.15, 0.2) is 59.3 Å². The Morgan fingerprint density at radius 1 is 1.04 bits per heavy atom. The topological polar surface area (TPSA) is 67.7 Å². The van der Waals surface area contributed by atoms with Gasteiger partial charge in [0, 0.05) is 36.2 Å². The number of hydrogen-bond acceptors (Lipinski definition) is 5. The van der Waals surface area contributed by atoms with Gasteiger partial charge in [0.25, 0.3) is 0 Å². The van der Waals surface area contributed by atoms with Gasteiger partial charge in [0.1, 0.15) is 11.6 Å². The van der Waals surface area contributed by atoms with Crippen LogP contribution in [0.25, 0.3) is 10.9 Å². The lowest BCUT2D eigenvalue weighted by atomic mass is 10.2. The molecular weight excluding hydrogens is 399 g/mol. The monoisotopic (exact) mass is 412 g/mol. The molecule has 0 aliphatic heterocycles. The first-order chi connectivity index (χ1) is 12.6. The zero-order valence-corrected chi connectivity index (χ0v) is 15.3. The van der Waals surface area contributed by atoms with Crippen molar-refractivity contribution in [2.24, 2.45) is 7.05 Å². The van der Waals surface area contributed by atoms with Crippen molar-refractivity contribution >= 4 is 50.0 Å². The third kappa shape index (κ3) is 3.50. The largest absolute Gasteiger partial charge is 0.339 e. The minimum atomic E-state index is -0.287. The maximum Gasteiger partial charge on any atom is 0.229 e. The Morgan fingerprint density at radius 2 is 1.81 bits per heavy atom. The van der Waals surface area contributed by atoms with Crippen molar-refractivity contribution in [3.05, 3.63) is 65.1 Å². The Balaban J connectivity index is 1.59. The van der Waals surface area contributed by atoms with E-state index in [0.717, 1.165) is 22.3 Å². The van der Waals surface area contributed by atoms with Crippen LogP contribution in [-0.2, 0) is 7.05 Å². The number of anilines is 4. The number of nitrogens with zero attached hydrogens (tertiary/aromatic N) is 4. The van der Waals surface area contributed by atoms with Gasteiger partial charge in [-0.1, -0.05) is 0 Å². The van der Waals surface area contributed by atoms with Gasteiger partial charge in [0.15, 0.2) is 0 Å². The van der Waals surface area contributed by atoms with Crippen molar-refractivity contribution in [2.45, 2.75) is 0 Å². The molecule has 6 nitrogen and oxygen atoms in total. The summed E-state index contributed by atoms with van der Waals surface area (Å²) in [5.74, 6) is 0.727. The van der Waals surface area contributed by atoms with E-state index in [4.69, 9.17) is 0 Å². The maximum atomic E-state index is 13.0. The Hall–Kier alpha value is -3.00. The van der Waals surface area contributed by atoms with E-state index < -0.39 is 0 Å². The van der Waals surface area contributed by atoms with E-state index in [1.807, 2.05) is 31.4 Å². The summed E-state index contributed by atoms with van der Waals surface area (Å²) in [6.45, 7) is 0. The fourth-order valence-electron chi connectivity index (χ4n) is 2.53. The lowest BCUT2D eigenvalue weighted by Crippen LogP contribution is -2.01. The van der Waals surface area contributed by atoms with Crippen LogP contribution >= 0.6 is 15.9 Å². The number of fused-ring (bicyclic) bond motifs is 1. The first-order valence-electron chi connectivity index (χ1n) is 7.82. The summed E-state index contributed by atoms with van der Waals surface area (Å²) in [5.41, 5.74) is 2.46. The normalized spacial score (nSPS) is 10.9. The van der Waals surface area contributed by atoms with Crippen LogP contribution in [0, 0.1) is 5.82 Å². The predicted molar refractivity (Wildman–Crippen MR) is 103 cm³/mol. The Morgan fingerprint density at radius 3 is 2.62 bits per heavy atom. The van der Waals surface area contributed by atoms with Crippen LogP contribution in [0.3, 0.4) is 0 Å². The van der Waals surface area contributed by atoms with Gasteiger partial charge in [-0.2, -0.15) is 10.1 Å². The van der Waals surface area contributed by atoms with Crippen molar-refractivity contribution in [3.63, 3.8) is 0 Å². The van der Waals surface area contributed by atoms with Gasteiger partial charge < -0.3 is 10.6 Å². The molecule has 0 bridgehead atoms. The third-order valence-electron chi connectivity index (χ3n) is 3.73. The number of hydrogen-bond donors (Lipinski definition) is 2. The molecule has 0 amide bonds. The molecule has 0 aliphatic rings. The number of nitrogens with one attached hydrogen (secondary N) is 2. The van der Waals surface area contributed by atoms with Crippen LogP contribution < -0.4 is 10.6 Å². The van der Waals surface area contributed by atoms with E-state index in [0.29, 0.717) is 16.2 Å². The van der Waals surface area contributed by atoms with E-state index in [1.165, 1.54) is 12.1 Å². The van der Waals surface area contributed by atoms with E-state index in [9.17, 15) is 4.39 Å². The molecular formula is C18H14BrFN6. The summed E-state index contributed by atoms with van der Waals surface area (Å²) in [6, 6.07) is 11.9. The highest BCUT2D eigenvalue weighted by molar-refractivity contribution is 9.10. The fraction of sp³-hybridized carbons (Fsp3) is 0.0556. The van der Waals surface area contributed by atoms with Crippen molar-refractivity contribution in [1.82, 2.24) is 19.7 Å². The smallest absolute Gasteiger partial charge is 0.229 e. The van der Waals surface area contributed by atoms with Crippen LogP contribution in [0.1, 0.15) is 0 Å². The molecule has 0 saturated carbocycles. The van der Waals surface area contributed by atoms with E-state index in [2.05, 4.69) is 41.6 Å². The third-order valence-corrected chi connectivity index (χ3v) is 4.31. The maximum absolute atomic E-state index is 13.0. The molecule has 0 saturated heterocycles. The zero-order valence-electron chi connectivity index (χ0n) is 13.7. The molecule has 0 radical (unpaired) electrons. The molecule has 4 aromatic rings. The van der Waals surface area contributed by atoms with E-state index >= 15 is 0 Å². The SMILES string of the molecule is Cn1cc2ccc(Nc3ncc(Br)c(Nc4ccc(F)cc4)n3)cc2n1. The summed E-state index contributed by atoms with van der Waals surface area (Å²) in [5, 5.41) is 11.8. The van der Waals surface area contributed by atoms with Crippen molar-refractivity contribution in [1.29, 1.82) is 0 Å². The molecule has 2 N–H and O–H groups in total. The second kappa shape index (κ2) is 6.72. The minimum absolute atomic E-state index is 0.287. The van der Waals surface area contributed by atoms with Crippen molar-refractivity contribution in [3.8, 4) is 0 Å². The quantitative estimate of drug-likeness (QED) is 0.506. The van der Waals surface area contributed by atoms with Gasteiger partial charge in [-0.3, -0.25) is 4.68 Å². The van der Waals surface area contributed by atoms with Crippen LogP contribution in [0.2, 0.25) is 0 Å². The average Bonchev–Trinajstić information content (AvgIpc) is 2.99. The summed E-state index contributed by atoms with van der Waals surface area (Å²) in [6.07, 6.45) is 3.61. The van der Waals surface area contributed by atoms with Gasteiger partial charge in [-0.05, 0) is 58.4 Å². The lowest BCUT2D eigenvalue weighted by Gasteiger charge is -2.10. The van der Waals surface area contributed by atoms with Crippen molar-refractivity contribution < 1.29 is 4.39 Å². The van der Waals surface area contributed by atoms with Crippen LogP contribution in [0.5, 0.6) is 0 Å². The molecule has 2 heterocycles. The molecule has 0 aliphatic carbocycles. The van der Waals surface area contributed by atoms with Gasteiger partial charge in [-0.25, -0.2) is 9.37 Å². The van der Waals surface area contributed by atoms with Gasteiger partial charge in [0.2, 0.25) is 5.95 Å². The van der Waals surface area contributed by atoms with Gasteiger partial charge in [-0.15, -0.1) is 0 Å². The van der Waals surface area contributed by atoms with Gasteiger partial charge >= 0.3 is 0 Å². The Kier molecular flexibility index (Phi) is 4.26. The number of rotatable bonds is 4. The molecule has 130 valence electrons. The molecule has 26 heavy (non-hydrogen) atoms. The molecule has 0 spiro atoms.